The van der Waals surface area contributed by atoms with Crippen LogP contribution >= 0.6 is 0 Å². The zero-order valence-corrected chi connectivity index (χ0v) is 10.4. The van der Waals surface area contributed by atoms with Gasteiger partial charge >= 0.3 is 0 Å². The molecule has 1 atom stereocenters. The van der Waals surface area contributed by atoms with E-state index in [2.05, 4.69) is 11.8 Å². The molecule has 16 heavy (non-hydrogen) atoms. The monoisotopic (exact) mass is 229 g/mol. The number of nitrogens with zero attached hydrogens (tertiary/aromatic N) is 1. The Morgan fingerprint density at radius 3 is 3.06 bits per heavy atom. The fourth-order valence-electron chi connectivity index (χ4n) is 1.97. The Kier molecular flexibility index (Phi) is 6.61. The Hall–Kier alpha value is -0.450. The summed E-state index contributed by atoms with van der Waals surface area (Å²) in [5.41, 5.74) is 0. The minimum Gasteiger partial charge on any atom is -0.385 e. The van der Waals surface area contributed by atoms with Crippen LogP contribution in [0.25, 0.3) is 0 Å². The molecule has 4 nitrogen and oxygen atoms in total. The zero-order valence-electron chi connectivity index (χ0n) is 10.4. The molecule has 4 heteroatoms. The quantitative estimate of drug-likeness (QED) is 0.613. The fraction of sp³-hybridized carbons (Fsp3) is 0.917. The van der Waals surface area contributed by atoms with Gasteiger partial charge in [-0.25, -0.2) is 0 Å². The summed E-state index contributed by atoms with van der Waals surface area (Å²) in [6.45, 7) is 6.27. The largest absolute Gasteiger partial charge is 0.385 e. The summed E-state index contributed by atoms with van der Waals surface area (Å²) in [6.07, 6.45) is 2.28. The molecule has 0 spiro atoms. The van der Waals surface area contributed by atoms with Gasteiger partial charge in [-0.2, -0.15) is 0 Å². The number of carbonyl (C=O) groups is 1. The van der Waals surface area contributed by atoms with Crippen molar-refractivity contribution in [2.45, 2.75) is 32.3 Å². The molecule has 94 valence electrons. The third-order valence-corrected chi connectivity index (χ3v) is 2.82. The lowest BCUT2D eigenvalue weighted by Gasteiger charge is -2.31. The van der Waals surface area contributed by atoms with Crippen molar-refractivity contribution in [1.29, 1.82) is 0 Å². The van der Waals surface area contributed by atoms with Crippen LogP contribution in [0.5, 0.6) is 0 Å². The lowest BCUT2D eigenvalue weighted by Crippen LogP contribution is -2.46. The van der Waals surface area contributed by atoms with E-state index in [0.717, 1.165) is 32.5 Å². The van der Waals surface area contributed by atoms with Crippen LogP contribution < -0.4 is 0 Å². The van der Waals surface area contributed by atoms with Crippen molar-refractivity contribution < 1.29 is 14.3 Å². The summed E-state index contributed by atoms with van der Waals surface area (Å²) in [5.74, 6) is 0.220. The summed E-state index contributed by atoms with van der Waals surface area (Å²) in [6, 6.07) is 0. The first kappa shape index (κ1) is 13.6. The second-order valence-corrected chi connectivity index (χ2v) is 4.22. The molecule has 0 bridgehead atoms. The minimum atomic E-state index is -0.211. The highest BCUT2D eigenvalue weighted by atomic mass is 16.5. The van der Waals surface area contributed by atoms with Gasteiger partial charge in [0.25, 0.3) is 0 Å². The lowest BCUT2D eigenvalue weighted by atomic mass is 10.1. The zero-order chi connectivity index (χ0) is 11.8. The van der Waals surface area contributed by atoms with Crippen molar-refractivity contribution in [2.75, 3.05) is 40.0 Å². The Balaban J connectivity index is 2.26. The molecule has 0 saturated carbocycles. The molecule has 1 rings (SSSR count). The molecule has 1 aliphatic heterocycles. The van der Waals surface area contributed by atoms with Gasteiger partial charge in [0.2, 0.25) is 0 Å². The molecule has 0 N–H and O–H groups in total. The maximum Gasteiger partial charge on any atom is 0.162 e. The number of methoxy groups -OCH3 is 1. The molecule has 0 amide bonds. The Morgan fingerprint density at radius 2 is 2.38 bits per heavy atom. The van der Waals surface area contributed by atoms with Crippen LogP contribution in [0.1, 0.15) is 26.2 Å². The smallest absolute Gasteiger partial charge is 0.162 e. The van der Waals surface area contributed by atoms with E-state index in [9.17, 15) is 4.79 Å². The number of Topliss-reactive ketones (excluding diaryl/α,β-unsaturated/α-hetero) is 1. The van der Waals surface area contributed by atoms with E-state index >= 15 is 0 Å². The average Bonchev–Trinajstić information content (AvgIpc) is 2.30. The standard InChI is InChI=1S/C12H23NO3/c1-3-6-13-7-9-16-12(10-13)11(14)5-4-8-15-2/h12H,3-10H2,1-2H3. The van der Waals surface area contributed by atoms with Crippen LogP contribution in [0.15, 0.2) is 0 Å². The predicted molar refractivity (Wildman–Crippen MR) is 62.6 cm³/mol. The second kappa shape index (κ2) is 7.76. The van der Waals surface area contributed by atoms with Crippen LogP contribution in [-0.2, 0) is 14.3 Å². The molecule has 0 aromatic heterocycles. The number of hydrogen-bond donors (Lipinski definition) is 0. The SMILES string of the molecule is CCCN1CCOC(C(=O)CCCOC)C1. The normalized spacial score (nSPS) is 22.2. The molecule has 1 heterocycles. The van der Waals surface area contributed by atoms with Crippen molar-refractivity contribution in [1.82, 2.24) is 4.90 Å². The van der Waals surface area contributed by atoms with Crippen LogP contribution in [0.4, 0.5) is 0 Å². The summed E-state index contributed by atoms with van der Waals surface area (Å²) < 4.78 is 10.5. The summed E-state index contributed by atoms with van der Waals surface area (Å²) >= 11 is 0. The van der Waals surface area contributed by atoms with Crippen LogP contribution in [0, 0.1) is 0 Å². The number of rotatable bonds is 7. The van der Waals surface area contributed by atoms with Crippen molar-refractivity contribution in [3.05, 3.63) is 0 Å². The van der Waals surface area contributed by atoms with E-state index in [-0.39, 0.29) is 11.9 Å². The van der Waals surface area contributed by atoms with Crippen molar-refractivity contribution in [3.8, 4) is 0 Å². The van der Waals surface area contributed by atoms with Crippen molar-refractivity contribution in [2.24, 2.45) is 0 Å². The van der Waals surface area contributed by atoms with Crippen LogP contribution in [0.2, 0.25) is 0 Å². The highest BCUT2D eigenvalue weighted by molar-refractivity contribution is 5.83. The van der Waals surface area contributed by atoms with Crippen molar-refractivity contribution >= 4 is 5.78 Å². The first-order valence-corrected chi connectivity index (χ1v) is 6.13. The van der Waals surface area contributed by atoms with Gasteiger partial charge in [0.15, 0.2) is 5.78 Å². The predicted octanol–water partition coefficient (Wildman–Crippen LogP) is 1.09. The molecule has 1 unspecified atom stereocenters. The maximum absolute atomic E-state index is 11.8. The van der Waals surface area contributed by atoms with E-state index in [4.69, 9.17) is 9.47 Å². The van der Waals surface area contributed by atoms with Gasteiger partial charge in [0, 0.05) is 33.2 Å². The Morgan fingerprint density at radius 1 is 1.56 bits per heavy atom. The molecular weight excluding hydrogens is 206 g/mol. The van der Waals surface area contributed by atoms with E-state index in [1.807, 2.05) is 0 Å². The number of morpholine rings is 1. The van der Waals surface area contributed by atoms with Crippen molar-refractivity contribution in [3.63, 3.8) is 0 Å². The van der Waals surface area contributed by atoms with E-state index < -0.39 is 0 Å². The summed E-state index contributed by atoms with van der Waals surface area (Å²) in [4.78, 5) is 14.1. The number of ether oxygens (including phenoxy) is 2. The third-order valence-electron chi connectivity index (χ3n) is 2.82. The van der Waals surface area contributed by atoms with E-state index in [1.54, 1.807) is 7.11 Å². The Bertz CT molecular complexity index is 206. The molecule has 1 fully saturated rings. The highest BCUT2D eigenvalue weighted by Gasteiger charge is 2.25. The molecule has 1 saturated heterocycles. The fourth-order valence-corrected chi connectivity index (χ4v) is 1.97. The van der Waals surface area contributed by atoms with Gasteiger partial charge in [-0.3, -0.25) is 9.69 Å². The Labute approximate surface area is 97.9 Å². The first-order chi connectivity index (χ1) is 7.77. The van der Waals surface area contributed by atoms with Crippen LogP contribution in [0.3, 0.4) is 0 Å². The van der Waals surface area contributed by atoms with Crippen LogP contribution in [-0.4, -0.2) is 56.7 Å². The number of hydrogen-bond acceptors (Lipinski definition) is 4. The lowest BCUT2D eigenvalue weighted by molar-refractivity contribution is -0.136. The number of carbonyl (C=O) groups excluding carboxylic acids is 1. The highest BCUT2D eigenvalue weighted by Crippen LogP contribution is 2.09. The van der Waals surface area contributed by atoms with Gasteiger partial charge in [0.05, 0.1) is 6.61 Å². The van der Waals surface area contributed by atoms with Gasteiger partial charge in [-0.1, -0.05) is 6.92 Å². The van der Waals surface area contributed by atoms with Gasteiger partial charge in [-0.15, -0.1) is 0 Å². The maximum atomic E-state index is 11.8. The molecule has 1 aliphatic rings. The van der Waals surface area contributed by atoms with E-state index in [0.29, 0.717) is 19.6 Å². The third kappa shape index (κ3) is 4.60. The second-order valence-electron chi connectivity index (χ2n) is 4.22. The molecule has 0 aliphatic carbocycles. The van der Waals surface area contributed by atoms with Gasteiger partial charge < -0.3 is 9.47 Å². The van der Waals surface area contributed by atoms with Gasteiger partial charge in [0.1, 0.15) is 6.10 Å². The topological polar surface area (TPSA) is 38.8 Å². The first-order valence-electron chi connectivity index (χ1n) is 6.13. The number of ketones is 1. The average molecular weight is 229 g/mol. The van der Waals surface area contributed by atoms with Gasteiger partial charge in [-0.05, 0) is 19.4 Å². The molecular formula is C12H23NO3. The van der Waals surface area contributed by atoms with E-state index in [1.165, 1.54) is 0 Å². The molecule has 0 aromatic rings. The molecule has 0 aromatic carbocycles. The minimum absolute atomic E-state index is 0.211. The molecule has 0 radical (unpaired) electrons. The summed E-state index contributed by atoms with van der Waals surface area (Å²) in [5, 5.41) is 0. The summed E-state index contributed by atoms with van der Waals surface area (Å²) in [7, 11) is 1.66.